The molecule has 0 saturated carbocycles. The largest absolute Gasteiger partial charge is 0.299 e. The fourth-order valence-electron chi connectivity index (χ4n) is 2.17. The van der Waals surface area contributed by atoms with Crippen LogP contribution < -0.4 is 15.6 Å². The molecule has 0 aliphatic heterocycles. The van der Waals surface area contributed by atoms with Crippen LogP contribution >= 0.6 is 0 Å². The number of nitrogens with zero attached hydrogens (tertiary/aromatic N) is 1. The maximum Gasteiger partial charge on any atom is 0.269 e. The second kappa shape index (κ2) is 8.63. The minimum absolute atomic E-state index is 0.185. The third-order valence-electron chi connectivity index (χ3n) is 3.82. The van der Waals surface area contributed by atoms with Gasteiger partial charge in [0.2, 0.25) is 10.0 Å². The number of hydrazine groups is 1. The molecule has 28 heavy (non-hydrogen) atoms. The quantitative estimate of drug-likeness (QED) is 0.455. The molecule has 10 heteroatoms. The van der Waals surface area contributed by atoms with E-state index < -0.39 is 26.9 Å². The number of carbonyl (C=O) groups is 1. The summed E-state index contributed by atoms with van der Waals surface area (Å²) in [5.41, 5.74) is 7.09. The number of nitro groups is 1. The molecule has 0 aliphatic carbocycles. The van der Waals surface area contributed by atoms with Crippen LogP contribution in [0.25, 0.3) is 5.70 Å². The number of carbonyl (C=O) groups excluding carboxylic acids is 1. The Morgan fingerprint density at radius 1 is 1.07 bits per heavy atom. The molecule has 0 unspecified atom stereocenters. The number of rotatable bonds is 8. The van der Waals surface area contributed by atoms with Gasteiger partial charge >= 0.3 is 0 Å². The fourth-order valence-corrected chi connectivity index (χ4v) is 3.38. The summed E-state index contributed by atoms with van der Waals surface area (Å²) in [5, 5.41) is 10.6. The summed E-state index contributed by atoms with van der Waals surface area (Å²) in [6.07, 6.45) is 0. The molecule has 0 saturated heterocycles. The van der Waals surface area contributed by atoms with Gasteiger partial charge in [-0.05, 0) is 31.5 Å². The first kappa shape index (κ1) is 21.1. The zero-order valence-corrected chi connectivity index (χ0v) is 16.1. The molecular weight excluding hydrogens is 384 g/mol. The first-order valence-electron chi connectivity index (χ1n) is 8.19. The average molecular weight is 404 g/mol. The van der Waals surface area contributed by atoms with E-state index in [1.54, 1.807) is 0 Å². The zero-order chi connectivity index (χ0) is 20.9. The average Bonchev–Trinajstić information content (AvgIpc) is 2.66. The molecule has 2 aromatic rings. The van der Waals surface area contributed by atoms with Gasteiger partial charge < -0.3 is 0 Å². The van der Waals surface area contributed by atoms with Crippen LogP contribution in [-0.2, 0) is 14.8 Å². The highest BCUT2D eigenvalue weighted by Gasteiger charge is 2.22. The Morgan fingerprint density at radius 3 is 2.18 bits per heavy atom. The molecule has 1 amide bonds. The summed E-state index contributed by atoms with van der Waals surface area (Å²) in [6.45, 7) is 7.13. The van der Waals surface area contributed by atoms with E-state index >= 15 is 0 Å². The Kier molecular flexibility index (Phi) is 6.49. The SMILES string of the molecule is C=C(NNC(=O)[C@H](C)NS(=O)(=O)c1ccc([N+](=O)[O-])cc1)c1ccc(C)cc1. The van der Waals surface area contributed by atoms with Crippen LogP contribution in [0.2, 0.25) is 0 Å². The summed E-state index contributed by atoms with van der Waals surface area (Å²) in [4.78, 5) is 22.0. The summed E-state index contributed by atoms with van der Waals surface area (Å²) >= 11 is 0. The summed E-state index contributed by atoms with van der Waals surface area (Å²) in [7, 11) is -4.03. The normalized spacial score (nSPS) is 12.1. The monoisotopic (exact) mass is 404 g/mol. The molecule has 9 nitrogen and oxygen atoms in total. The second-order valence-corrected chi connectivity index (χ2v) is 7.77. The summed E-state index contributed by atoms with van der Waals surface area (Å²) in [6, 6.07) is 10.7. The molecule has 0 fully saturated rings. The van der Waals surface area contributed by atoms with Crippen molar-refractivity contribution in [1.82, 2.24) is 15.6 Å². The fraction of sp³-hybridized carbons (Fsp3) is 0.167. The van der Waals surface area contributed by atoms with Crippen LogP contribution in [0, 0.1) is 17.0 Å². The highest BCUT2D eigenvalue weighted by atomic mass is 32.2. The molecule has 1 atom stereocenters. The van der Waals surface area contributed by atoms with Gasteiger partial charge in [-0.1, -0.05) is 36.4 Å². The summed E-state index contributed by atoms with van der Waals surface area (Å²) < 4.78 is 26.9. The van der Waals surface area contributed by atoms with E-state index in [2.05, 4.69) is 22.2 Å². The third-order valence-corrected chi connectivity index (χ3v) is 5.38. The van der Waals surface area contributed by atoms with Gasteiger partial charge in [0, 0.05) is 12.1 Å². The van der Waals surface area contributed by atoms with E-state index in [1.165, 1.54) is 6.92 Å². The van der Waals surface area contributed by atoms with Crippen molar-refractivity contribution in [2.24, 2.45) is 0 Å². The number of nitro benzene ring substituents is 1. The van der Waals surface area contributed by atoms with Gasteiger partial charge in [-0.2, -0.15) is 4.72 Å². The number of non-ortho nitro benzene ring substituents is 1. The molecule has 0 aliphatic rings. The number of benzene rings is 2. The van der Waals surface area contributed by atoms with Crippen molar-refractivity contribution in [1.29, 1.82) is 0 Å². The van der Waals surface area contributed by atoms with E-state index in [1.807, 2.05) is 31.2 Å². The molecule has 0 heterocycles. The first-order chi connectivity index (χ1) is 13.1. The molecule has 2 aromatic carbocycles. The van der Waals surface area contributed by atoms with Gasteiger partial charge in [-0.25, -0.2) is 8.42 Å². The van der Waals surface area contributed by atoms with Gasteiger partial charge in [0.15, 0.2) is 0 Å². The van der Waals surface area contributed by atoms with Gasteiger partial charge in [-0.3, -0.25) is 25.8 Å². The van der Waals surface area contributed by atoms with Gasteiger partial charge in [0.25, 0.3) is 11.6 Å². The molecule has 0 bridgehead atoms. The Balaban J connectivity index is 1.95. The Hall–Kier alpha value is -3.24. The maximum atomic E-state index is 12.3. The number of hydrogen-bond donors (Lipinski definition) is 3. The van der Waals surface area contributed by atoms with Gasteiger partial charge in [0.05, 0.1) is 21.6 Å². The smallest absolute Gasteiger partial charge is 0.269 e. The zero-order valence-electron chi connectivity index (χ0n) is 15.3. The lowest BCUT2D eigenvalue weighted by Crippen LogP contribution is -2.48. The maximum absolute atomic E-state index is 12.3. The summed E-state index contributed by atoms with van der Waals surface area (Å²) in [5.74, 6) is -0.626. The van der Waals surface area contributed by atoms with E-state index in [-0.39, 0.29) is 10.6 Å². The lowest BCUT2D eigenvalue weighted by Gasteiger charge is -2.16. The number of sulfonamides is 1. The van der Waals surface area contributed by atoms with Crippen LogP contribution in [0.15, 0.2) is 60.0 Å². The van der Waals surface area contributed by atoms with Crippen LogP contribution in [0.3, 0.4) is 0 Å². The number of hydrogen-bond acceptors (Lipinski definition) is 6. The van der Waals surface area contributed by atoms with E-state index in [0.717, 1.165) is 35.4 Å². The van der Waals surface area contributed by atoms with E-state index in [9.17, 15) is 23.3 Å². The van der Waals surface area contributed by atoms with Crippen molar-refractivity contribution >= 4 is 27.3 Å². The third kappa shape index (κ3) is 5.38. The van der Waals surface area contributed by atoms with Crippen LogP contribution in [0.1, 0.15) is 18.1 Å². The Morgan fingerprint density at radius 2 is 1.64 bits per heavy atom. The molecule has 0 aromatic heterocycles. The van der Waals surface area contributed by atoms with Crippen molar-refractivity contribution < 1.29 is 18.1 Å². The molecule has 2 rings (SSSR count). The Bertz CT molecular complexity index is 986. The lowest BCUT2D eigenvalue weighted by molar-refractivity contribution is -0.384. The highest BCUT2D eigenvalue weighted by molar-refractivity contribution is 7.89. The van der Waals surface area contributed by atoms with Crippen LogP contribution in [0.4, 0.5) is 5.69 Å². The van der Waals surface area contributed by atoms with E-state index in [0.29, 0.717) is 5.70 Å². The van der Waals surface area contributed by atoms with Crippen LogP contribution in [-0.4, -0.2) is 25.3 Å². The Labute approximate surface area is 162 Å². The predicted molar refractivity (Wildman–Crippen MR) is 104 cm³/mol. The number of amides is 1. The van der Waals surface area contributed by atoms with E-state index in [4.69, 9.17) is 0 Å². The first-order valence-corrected chi connectivity index (χ1v) is 9.67. The van der Waals surface area contributed by atoms with Crippen molar-refractivity contribution in [3.63, 3.8) is 0 Å². The molecule has 0 radical (unpaired) electrons. The van der Waals surface area contributed by atoms with Crippen molar-refractivity contribution in [2.75, 3.05) is 0 Å². The number of aryl methyl sites for hydroxylation is 1. The minimum Gasteiger partial charge on any atom is -0.299 e. The predicted octanol–water partition coefficient (Wildman–Crippen LogP) is 1.86. The molecule has 0 spiro atoms. The number of nitrogens with one attached hydrogen (secondary N) is 3. The standard InChI is InChI=1S/C18H20N4O5S/c1-12-4-6-15(7-5-12)13(2)19-20-18(23)14(3)21-28(26,27)17-10-8-16(9-11-17)22(24)25/h4-11,14,19,21H,2H2,1,3H3,(H,20,23)/t14-/m0/s1. The van der Waals surface area contributed by atoms with Crippen molar-refractivity contribution in [3.8, 4) is 0 Å². The van der Waals surface area contributed by atoms with Crippen LogP contribution in [0.5, 0.6) is 0 Å². The van der Waals surface area contributed by atoms with Crippen molar-refractivity contribution in [3.05, 3.63) is 76.4 Å². The molecule has 3 N–H and O–H groups in total. The molecule has 148 valence electrons. The second-order valence-electron chi connectivity index (χ2n) is 6.05. The van der Waals surface area contributed by atoms with Crippen molar-refractivity contribution in [2.45, 2.75) is 24.8 Å². The topological polar surface area (TPSA) is 130 Å². The van der Waals surface area contributed by atoms with Gasteiger partial charge in [-0.15, -0.1) is 0 Å². The van der Waals surface area contributed by atoms with Gasteiger partial charge in [0.1, 0.15) is 0 Å². The lowest BCUT2D eigenvalue weighted by atomic mass is 10.1. The molecular formula is C18H20N4O5S. The highest BCUT2D eigenvalue weighted by Crippen LogP contribution is 2.16. The minimum atomic E-state index is -4.03.